The molecular weight excluding hydrogens is 553 g/mol. The molecule has 1 aliphatic heterocycles. The van der Waals surface area contributed by atoms with E-state index in [1.54, 1.807) is 23.1 Å². The first-order chi connectivity index (χ1) is 17.6. The highest BCUT2D eigenvalue weighted by Crippen LogP contribution is 2.27. The third kappa shape index (κ3) is 6.41. The average molecular weight is 581 g/mol. The third-order valence-electron chi connectivity index (χ3n) is 6.66. The van der Waals surface area contributed by atoms with Crippen LogP contribution in [0.5, 0.6) is 0 Å². The monoisotopic (exact) mass is 579 g/mol. The number of carbonyl (C=O) groups excluding carboxylic acids is 1. The molecule has 0 aliphatic carbocycles. The Bertz CT molecular complexity index is 1390. The van der Waals surface area contributed by atoms with Crippen LogP contribution in [-0.2, 0) is 21.4 Å². The van der Waals surface area contributed by atoms with Gasteiger partial charge in [-0.3, -0.25) is 4.79 Å². The van der Waals surface area contributed by atoms with Crippen molar-refractivity contribution in [2.45, 2.75) is 25.3 Å². The van der Waals surface area contributed by atoms with E-state index in [1.165, 1.54) is 45.4 Å². The molecule has 0 unspecified atom stereocenters. The summed E-state index contributed by atoms with van der Waals surface area (Å²) in [6.45, 7) is 6.22. The number of piperazine rings is 1. The Kier molecular flexibility index (Phi) is 8.71. The number of carbonyl (C=O) groups is 1. The van der Waals surface area contributed by atoms with Crippen LogP contribution in [0.4, 0.5) is 5.69 Å². The summed E-state index contributed by atoms with van der Waals surface area (Å²) in [4.78, 5) is 17.4. The van der Waals surface area contributed by atoms with Crippen molar-refractivity contribution < 1.29 is 13.2 Å². The molecule has 1 heterocycles. The molecule has 6 nitrogen and oxygen atoms in total. The Labute approximate surface area is 233 Å². The molecule has 0 bridgehead atoms. The molecule has 10 heteroatoms. The Hall–Kier alpha value is -2.29. The van der Waals surface area contributed by atoms with Crippen molar-refractivity contribution in [2.24, 2.45) is 0 Å². The highest BCUT2D eigenvalue weighted by molar-refractivity contribution is 7.89. The van der Waals surface area contributed by atoms with Crippen molar-refractivity contribution in [1.29, 1.82) is 0 Å². The summed E-state index contributed by atoms with van der Waals surface area (Å²) in [7, 11) is -4.00. The third-order valence-corrected chi connectivity index (χ3v) is 9.45. The first-order valence-electron chi connectivity index (χ1n) is 11.8. The Balaban J connectivity index is 1.52. The van der Waals surface area contributed by atoms with Crippen molar-refractivity contribution in [2.75, 3.05) is 37.6 Å². The van der Waals surface area contributed by atoms with E-state index in [9.17, 15) is 13.2 Å². The van der Waals surface area contributed by atoms with Crippen molar-refractivity contribution >= 4 is 56.4 Å². The predicted octanol–water partition coefficient (Wildman–Crippen LogP) is 5.80. The van der Waals surface area contributed by atoms with Crippen molar-refractivity contribution in [3.63, 3.8) is 0 Å². The van der Waals surface area contributed by atoms with Crippen LogP contribution >= 0.6 is 34.8 Å². The number of hydrogen-bond donors (Lipinski definition) is 0. The summed E-state index contributed by atoms with van der Waals surface area (Å²) in [6, 6.07) is 17.0. The molecule has 0 radical (unpaired) electrons. The fraction of sp³-hybridized carbons (Fsp3) is 0.296. The molecule has 0 N–H and O–H groups in total. The molecule has 37 heavy (non-hydrogen) atoms. The Morgan fingerprint density at radius 1 is 0.892 bits per heavy atom. The van der Waals surface area contributed by atoms with Crippen LogP contribution in [-0.4, -0.2) is 56.3 Å². The summed E-state index contributed by atoms with van der Waals surface area (Å²) in [6.07, 6.45) is 0. The fourth-order valence-corrected chi connectivity index (χ4v) is 6.17. The second kappa shape index (κ2) is 11.6. The number of hydrogen-bond acceptors (Lipinski definition) is 4. The molecule has 0 aromatic heterocycles. The molecule has 4 rings (SSSR count). The molecule has 0 atom stereocenters. The van der Waals surface area contributed by atoms with Gasteiger partial charge in [0.1, 0.15) is 0 Å². The van der Waals surface area contributed by atoms with E-state index in [1.807, 2.05) is 6.07 Å². The molecule has 1 aliphatic rings. The number of benzene rings is 3. The van der Waals surface area contributed by atoms with Crippen molar-refractivity contribution in [3.05, 3.63) is 92.4 Å². The van der Waals surface area contributed by atoms with Gasteiger partial charge in [0.25, 0.3) is 0 Å². The quantitative estimate of drug-likeness (QED) is 0.354. The summed E-state index contributed by atoms with van der Waals surface area (Å²) in [5.74, 6) is -0.252. The van der Waals surface area contributed by atoms with Gasteiger partial charge in [0.15, 0.2) is 0 Å². The van der Waals surface area contributed by atoms with E-state index in [4.69, 9.17) is 34.8 Å². The van der Waals surface area contributed by atoms with Crippen molar-refractivity contribution in [1.82, 2.24) is 9.21 Å². The van der Waals surface area contributed by atoms with E-state index in [-0.39, 0.29) is 23.9 Å². The molecule has 1 saturated heterocycles. The maximum absolute atomic E-state index is 13.6. The van der Waals surface area contributed by atoms with Crippen LogP contribution < -0.4 is 4.90 Å². The minimum absolute atomic E-state index is 0.0317. The molecular formula is C27H28Cl3N3O3S. The Morgan fingerprint density at radius 2 is 1.57 bits per heavy atom. The average Bonchev–Trinajstić information content (AvgIpc) is 2.88. The zero-order valence-corrected chi connectivity index (χ0v) is 23.7. The molecule has 1 amide bonds. The number of aryl methyl sites for hydroxylation is 1. The normalized spacial score (nSPS) is 14.3. The van der Waals surface area contributed by atoms with Gasteiger partial charge in [-0.25, -0.2) is 8.42 Å². The summed E-state index contributed by atoms with van der Waals surface area (Å²) in [5.41, 5.74) is 4.24. The fourth-order valence-electron chi connectivity index (χ4n) is 4.35. The zero-order valence-electron chi connectivity index (χ0n) is 20.6. The van der Waals surface area contributed by atoms with E-state index >= 15 is 0 Å². The number of sulfonamides is 1. The van der Waals surface area contributed by atoms with Crippen LogP contribution in [0.25, 0.3) is 0 Å². The van der Waals surface area contributed by atoms with Crippen LogP contribution in [0.3, 0.4) is 0 Å². The van der Waals surface area contributed by atoms with Crippen LogP contribution in [0, 0.1) is 13.8 Å². The van der Waals surface area contributed by atoms with Gasteiger partial charge in [0.2, 0.25) is 15.9 Å². The maximum Gasteiger partial charge on any atom is 0.243 e. The second-order valence-corrected chi connectivity index (χ2v) is 12.3. The topological polar surface area (TPSA) is 60.9 Å². The van der Waals surface area contributed by atoms with Gasteiger partial charge in [0.05, 0.1) is 21.5 Å². The molecule has 196 valence electrons. The van der Waals surface area contributed by atoms with Gasteiger partial charge in [-0.05, 0) is 73.0 Å². The smallest absolute Gasteiger partial charge is 0.243 e. The minimum Gasteiger partial charge on any atom is -0.368 e. The lowest BCUT2D eigenvalue weighted by Crippen LogP contribution is -2.52. The number of amides is 1. The summed E-state index contributed by atoms with van der Waals surface area (Å²) in [5, 5.41) is 1.11. The first kappa shape index (κ1) is 27.7. The van der Waals surface area contributed by atoms with Gasteiger partial charge in [-0.2, -0.15) is 4.31 Å². The second-order valence-electron chi connectivity index (χ2n) is 9.06. The number of rotatable bonds is 7. The predicted molar refractivity (Wildman–Crippen MR) is 150 cm³/mol. The number of nitrogens with zero attached hydrogens (tertiary/aromatic N) is 3. The lowest BCUT2D eigenvalue weighted by Gasteiger charge is -2.37. The zero-order chi connectivity index (χ0) is 26.7. The van der Waals surface area contributed by atoms with Crippen LogP contribution in [0.15, 0.2) is 65.6 Å². The maximum atomic E-state index is 13.6. The summed E-state index contributed by atoms with van der Waals surface area (Å²) < 4.78 is 28.3. The molecule has 3 aromatic carbocycles. The van der Waals surface area contributed by atoms with Gasteiger partial charge in [0, 0.05) is 43.4 Å². The molecule has 1 fully saturated rings. The van der Waals surface area contributed by atoms with Gasteiger partial charge < -0.3 is 9.80 Å². The van der Waals surface area contributed by atoms with Crippen molar-refractivity contribution in [3.8, 4) is 0 Å². The first-order valence-corrected chi connectivity index (χ1v) is 14.4. The molecule has 3 aromatic rings. The molecule has 0 saturated carbocycles. The highest BCUT2D eigenvalue weighted by Gasteiger charge is 2.30. The van der Waals surface area contributed by atoms with Crippen LogP contribution in [0.2, 0.25) is 15.1 Å². The van der Waals surface area contributed by atoms with E-state index in [0.29, 0.717) is 46.8 Å². The van der Waals surface area contributed by atoms with E-state index in [0.717, 1.165) is 0 Å². The lowest BCUT2D eigenvalue weighted by atomic mass is 10.1. The minimum atomic E-state index is -4.00. The van der Waals surface area contributed by atoms with Gasteiger partial charge >= 0.3 is 0 Å². The molecule has 0 spiro atoms. The van der Waals surface area contributed by atoms with Gasteiger partial charge in [-0.15, -0.1) is 0 Å². The largest absolute Gasteiger partial charge is 0.368 e. The van der Waals surface area contributed by atoms with Crippen LogP contribution in [0.1, 0.15) is 16.7 Å². The number of anilines is 1. The Morgan fingerprint density at radius 3 is 2.22 bits per heavy atom. The van der Waals surface area contributed by atoms with E-state index < -0.39 is 10.0 Å². The number of halogens is 3. The SMILES string of the molecule is Cc1cccc(N2CCN(C(=O)CN(Cc3ccc(Cl)c(Cl)c3)S(=O)(=O)c3ccc(Cl)cc3)CC2)c1C. The lowest BCUT2D eigenvalue weighted by molar-refractivity contribution is -0.131. The van der Waals surface area contributed by atoms with Gasteiger partial charge in [-0.1, -0.05) is 53.0 Å². The highest BCUT2D eigenvalue weighted by atomic mass is 35.5. The standard InChI is InChI=1S/C27H28Cl3N3O3S/c1-19-4-3-5-26(20(19)2)31-12-14-32(15-13-31)27(34)18-33(17-21-6-11-24(29)25(30)16-21)37(35,36)23-9-7-22(28)8-10-23/h3-11,16H,12-15,17-18H2,1-2H3. The van der Waals surface area contributed by atoms with E-state index in [2.05, 4.69) is 30.9 Å². The summed E-state index contributed by atoms with van der Waals surface area (Å²) >= 11 is 18.2.